The molecule has 178 valence electrons. The first-order valence-electron chi connectivity index (χ1n) is 10.8. The van der Waals surface area contributed by atoms with Gasteiger partial charge < -0.3 is 15.8 Å². The molecule has 0 aliphatic heterocycles. The number of amides is 1. The van der Waals surface area contributed by atoms with Gasteiger partial charge in [-0.2, -0.15) is 0 Å². The Morgan fingerprint density at radius 2 is 1.80 bits per heavy atom. The number of hydrogen-bond acceptors (Lipinski definition) is 5. The van der Waals surface area contributed by atoms with Gasteiger partial charge in [0.1, 0.15) is 22.9 Å². The molecule has 1 amide bonds. The highest BCUT2D eigenvalue weighted by molar-refractivity contribution is 6.04. The topological polar surface area (TPSA) is 99.2 Å². The molecule has 7 nitrogen and oxygen atoms in total. The van der Waals surface area contributed by atoms with Crippen molar-refractivity contribution in [1.29, 1.82) is 0 Å². The average Bonchev–Trinajstić information content (AvgIpc) is 2.81. The highest BCUT2D eigenvalue weighted by atomic mass is 19.1. The number of anilines is 2. The zero-order valence-corrected chi connectivity index (χ0v) is 19.0. The number of carbonyl (C=O) groups excluding carboxylic acids is 1. The minimum atomic E-state index is -0.719. The lowest BCUT2D eigenvalue weighted by Crippen LogP contribution is -2.27. The van der Waals surface area contributed by atoms with E-state index in [2.05, 4.69) is 10.3 Å². The standard InChI is InChI=1S/C26H22F2N4O3/c1-15(2)23-22(11-12-30-24(23)29)35-21-10-7-17(14-20(21)28)31-25(33)19-4-3-13-32(26(19)34)18-8-5-16(27)6-9-18/h3-15H,1-2H3,(H2,29,30)(H,31,33). The number of nitrogens with zero attached hydrogens (tertiary/aromatic N) is 2. The van der Waals surface area contributed by atoms with Crippen molar-refractivity contribution in [3.05, 3.63) is 106 Å². The fourth-order valence-electron chi connectivity index (χ4n) is 3.59. The van der Waals surface area contributed by atoms with Crippen LogP contribution in [0.25, 0.3) is 5.69 Å². The van der Waals surface area contributed by atoms with Gasteiger partial charge in [-0.15, -0.1) is 0 Å². The predicted octanol–water partition coefficient (Wildman–Crippen LogP) is 5.26. The molecular weight excluding hydrogens is 454 g/mol. The fourth-order valence-corrected chi connectivity index (χ4v) is 3.59. The summed E-state index contributed by atoms with van der Waals surface area (Å²) in [6.07, 6.45) is 2.94. The number of pyridine rings is 2. The quantitative estimate of drug-likeness (QED) is 0.395. The second-order valence-electron chi connectivity index (χ2n) is 8.04. The third-order valence-corrected chi connectivity index (χ3v) is 5.26. The average molecular weight is 476 g/mol. The molecular formula is C26H22F2N4O3. The summed E-state index contributed by atoms with van der Waals surface area (Å²) in [5.41, 5.74) is 6.37. The number of halogens is 2. The second-order valence-corrected chi connectivity index (χ2v) is 8.04. The number of nitrogen functional groups attached to an aromatic ring is 1. The van der Waals surface area contributed by atoms with E-state index in [4.69, 9.17) is 10.5 Å². The Kier molecular flexibility index (Phi) is 6.59. The first-order chi connectivity index (χ1) is 16.7. The van der Waals surface area contributed by atoms with E-state index in [9.17, 15) is 18.4 Å². The van der Waals surface area contributed by atoms with Crippen LogP contribution in [0.15, 0.2) is 77.9 Å². The lowest BCUT2D eigenvalue weighted by Gasteiger charge is -2.16. The van der Waals surface area contributed by atoms with Crippen LogP contribution >= 0.6 is 0 Å². The summed E-state index contributed by atoms with van der Waals surface area (Å²) in [6, 6.07) is 13.7. The number of rotatable bonds is 6. The molecule has 2 aromatic carbocycles. The molecule has 0 aliphatic carbocycles. The molecule has 0 atom stereocenters. The summed E-state index contributed by atoms with van der Waals surface area (Å²) in [6.45, 7) is 3.84. The Bertz CT molecular complexity index is 1450. The maximum absolute atomic E-state index is 14.8. The van der Waals surface area contributed by atoms with E-state index >= 15 is 0 Å². The SMILES string of the molecule is CC(C)c1c(Oc2ccc(NC(=O)c3cccn(-c4ccc(F)cc4)c3=O)cc2F)ccnc1N. The highest BCUT2D eigenvalue weighted by Gasteiger charge is 2.17. The van der Waals surface area contributed by atoms with Gasteiger partial charge in [0.2, 0.25) is 0 Å². The van der Waals surface area contributed by atoms with Crippen molar-refractivity contribution < 1.29 is 18.3 Å². The minimum absolute atomic E-state index is 0.00477. The molecule has 4 rings (SSSR count). The second kappa shape index (κ2) is 9.76. The number of hydrogen-bond donors (Lipinski definition) is 2. The molecule has 9 heteroatoms. The van der Waals surface area contributed by atoms with Crippen LogP contribution < -0.4 is 21.3 Å². The Balaban J connectivity index is 1.56. The molecule has 0 fully saturated rings. The molecule has 0 spiro atoms. The summed E-state index contributed by atoms with van der Waals surface area (Å²) in [5.74, 6) is -1.25. The molecule has 0 aliphatic rings. The van der Waals surface area contributed by atoms with Crippen molar-refractivity contribution in [1.82, 2.24) is 9.55 Å². The molecule has 35 heavy (non-hydrogen) atoms. The van der Waals surface area contributed by atoms with Crippen molar-refractivity contribution in [2.45, 2.75) is 19.8 Å². The van der Waals surface area contributed by atoms with Gasteiger partial charge in [-0.1, -0.05) is 13.8 Å². The number of ether oxygens (including phenoxy) is 1. The molecule has 2 aromatic heterocycles. The van der Waals surface area contributed by atoms with Crippen molar-refractivity contribution in [2.24, 2.45) is 0 Å². The lowest BCUT2D eigenvalue weighted by molar-refractivity contribution is 0.102. The van der Waals surface area contributed by atoms with Gasteiger partial charge in [-0.25, -0.2) is 13.8 Å². The van der Waals surface area contributed by atoms with E-state index in [0.29, 0.717) is 22.8 Å². The molecule has 0 saturated carbocycles. The van der Waals surface area contributed by atoms with Crippen LogP contribution in [0.3, 0.4) is 0 Å². The molecule has 0 radical (unpaired) electrons. The number of aromatic nitrogens is 2. The maximum Gasteiger partial charge on any atom is 0.267 e. The van der Waals surface area contributed by atoms with E-state index in [1.807, 2.05) is 13.8 Å². The van der Waals surface area contributed by atoms with Crippen LogP contribution in [0, 0.1) is 11.6 Å². The molecule has 2 heterocycles. The van der Waals surface area contributed by atoms with Crippen molar-refractivity contribution in [3.63, 3.8) is 0 Å². The van der Waals surface area contributed by atoms with Crippen LogP contribution in [-0.2, 0) is 0 Å². The number of nitrogens with one attached hydrogen (secondary N) is 1. The third-order valence-electron chi connectivity index (χ3n) is 5.26. The van der Waals surface area contributed by atoms with Crippen molar-refractivity contribution >= 4 is 17.4 Å². The largest absolute Gasteiger partial charge is 0.454 e. The molecule has 0 bridgehead atoms. The summed E-state index contributed by atoms with van der Waals surface area (Å²) >= 11 is 0. The molecule has 4 aromatic rings. The first kappa shape index (κ1) is 23.6. The van der Waals surface area contributed by atoms with Crippen LogP contribution in [-0.4, -0.2) is 15.5 Å². The summed E-state index contributed by atoms with van der Waals surface area (Å²) in [4.78, 5) is 29.6. The monoisotopic (exact) mass is 476 g/mol. The zero-order chi connectivity index (χ0) is 25.1. The van der Waals surface area contributed by atoms with Gasteiger partial charge in [-0.3, -0.25) is 14.2 Å². The van der Waals surface area contributed by atoms with Gasteiger partial charge in [0.15, 0.2) is 11.6 Å². The summed E-state index contributed by atoms with van der Waals surface area (Å²) < 4.78 is 35.0. The maximum atomic E-state index is 14.8. The van der Waals surface area contributed by atoms with Gasteiger partial charge in [-0.05, 0) is 60.5 Å². The van der Waals surface area contributed by atoms with Gasteiger partial charge in [0.25, 0.3) is 11.5 Å². The zero-order valence-electron chi connectivity index (χ0n) is 19.0. The summed E-state index contributed by atoms with van der Waals surface area (Å²) in [5, 5.41) is 2.52. The van der Waals surface area contributed by atoms with E-state index in [0.717, 1.165) is 6.07 Å². The van der Waals surface area contributed by atoms with Crippen LogP contribution in [0.5, 0.6) is 11.5 Å². The third kappa shape index (κ3) is 5.03. The van der Waals surface area contributed by atoms with Crippen molar-refractivity contribution in [2.75, 3.05) is 11.1 Å². The number of carbonyl (C=O) groups is 1. The van der Waals surface area contributed by atoms with Gasteiger partial charge in [0.05, 0.1) is 0 Å². The lowest BCUT2D eigenvalue weighted by atomic mass is 10.0. The van der Waals surface area contributed by atoms with Crippen molar-refractivity contribution in [3.8, 4) is 17.2 Å². The van der Waals surface area contributed by atoms with Crippen LogP contribution in [0.4, 0.5) is 20.3 Å². The van der Waals surface area contributed by atoms with Gasteiger partial charge in [0, 0.05) is 35.4 Å². The Hall–Kier alpha value is -4.53. The summed E-state index contributed by atoms with van der Waals surface area (Å²) in [7, 11) is 0. The smallest absolute Gasteiger partial charge is 0.267 e. The molecule has 0 saturated heterocycles. The minimum Gasteiger partial charge on any atom is -0.454 e. The Labute approximate surface area is 199 Å². The predicted molar refractivity (Wildman–Crippen MR) is 129 cm³/mol. The van der Waals surface area contributed by atoms with E-state index in [-0.39, 0.29) is 22.9 Å². The van der Waals surface area contributed by atoms with E-state index in [1.165, 1.54) is 65.5 Å². The van der Waals surface area contributed by atoms with E-state index < -0.39 is 23.1 Å². The molecule has 0 unspecified atom stereocenters. The van der Waals surface area contributed by atoms with Crippen LogP contribution in [0.1, 0.15) is 35.7 Å². The molecule has 3 N–H and O–H groups in total. The Morgan fingerprint density at radius 1 is 1.06 bits per heavy atom. The number of nitrogens with two attached hydrogens (primary N) is 1. The van der Waals surface area contributed by atoms with Gasteiger partial charge >= 0.3 is 0 Å². The van der Waals surface area contributed by atoms with Crippen LogP contribution in [0.2, 0.25) is 0 Å². The van der Waals surface area contributed by atoms with E-state index in [1.54, 1.807) is 6.07 Å². The highest BCUT2D eigenvalue weighted by Crippen LogP contribution is 2.35. The normalized spacial score (nSPS) is 10.9. The first-order valence-corrected chi connectivity index (χ1v) is 10.8. The number of benzene rings is 2. The fraction of sp³-hybridized carbons (Fsp3) is 0.115. The Morgan fingerprint density at radius 3 is 2.49 bits per heavy atom.